The second-order valence-corrected chi connectivity index (χ2v) is 7.17. The molecule has 1 N–H and O–H groups in total. The zero-order chi connectivity index (χ0) is 15.0. The van der Waals surface area contributed by atoms with E-state index in [1.54, 1.807) is 0 Å². The normalized spacial score (nSPS) is 28.3. The van der Waals surface area contributed by atoms with E-state index in [1.165, 1.54) is 18.4 Å². The number of nitrogens with zero attached hydrogens (tertiary/aromatic N) is 2. The van der Waals surface area contributed by atoms with Crippen LogP contribution in [0.3, 0.4) is 0 Å². The highest BCUT2D eigenvalue weighted by Gasteiger charge is 2.41. The van der Waals surface area contributed by atoms with Crippen LogP contribution in [0.5, 0.6) is 0 Å². The summed E-state index contributed by atoms with van der Waals surface area (Å²) < 4.78 is 0. The molecular formula is C18H25N3O. The van der Waals surface area contributed by atoms with Crippen LogP contribution in [0, 0.1) is 5.41 Å². The van der Waals surface area contributed by atoms with Crippen molar-refractivity contribution in [3.05, 3.63) is 29.8 Å². The molecule has 0 saturated carbocycles. The lowest BCUT2D eigenvalue weighted by atomic mass is 9.87. The molecule has 1 spiro atoms. The van der Waals surface area contributed by atoms with E-state index in [0.717, 1.165) is 51.3 Å². The van der Waals surface area contributed by atoms with E-state index in [9.17, 15) is 4.79 Å². The molecule has 2 saturated heterocycles. The van der Waals surface area contributed by atoms with E-state index in [2.05, 4.69) is 28.4 Å². The van der Waals surface area contributed by atoms with Gasteiger partial charge < -0.3 is 10.2 Å². The summed E-state index contributed by atoms with van der Waals surface area (Å²) in [5, 5.41) is 3.48. The van der Waals surface area contributed by atoms with Crippen molar-refractivity contribution in [3.63, 3.8) is 0 Å². The molecule has 4 nitrogen and oxygen atoms in total. The fraction of sp³-hybridized carbons (Fsp3) is 0.611. The van der Waals surface area contributed by atoms with Crippen LogP contribution in [0.25, 0.3) is 0 Å². The average molecular weight is 299 g/mol. The molecule has 0 radical (unpaired) electrons. The van der Waals surface area contributed by atoms with E-state index in [0.29, 0.717) is 12.0 Å². The van der Waals surface area contributed by atoms with Crippen molar-refractivity contribution >= 4 is 11.6 Å². The summed E-state index contributed by atoms with van der Waals surface area (Å²) in [5.74, 6) is 0.273. The Hall–Kier alpha value is -1.39. The topological polar surface area (TPSA) is 35.6 Å². The number of anilines is 1. The fourth-order valence-electron chi connectivity index (χ4n) is 4.38. The van der Waals surface area contributed by atoms with E-state index in [1.807, 2.05) is 11.0 Å². The third-order valence-corrected chi connectivity index (χ3v) is 5.62. The lowest BCUT2D eigenvalue weighted by Gasteiger charge is -2.31. The first-order chi connectivity index (χ1) is 10.8. The number of aryl methyl sites for hydroxylation is 1. The molecule has 2 fully saturated rings. The van der Waals surface area contributed by atoms with Gasteiger partial charge in [0, 0.05) is 25.3 Å². The number of carbonyl (C=O) groups is 1. The summed E-state index contributed by atoms with van der Waals surface area (Å²) in [5.41, 5.74) is 2.90. The molecule has 4 rings (SSSR count). The standard InChI is InChI=1S/C18H25N3O/c22-17(12-20-11-8-18(14-20)7-9-19-13-18)21-10-3-5-15-4-1-2-6-16(15)21/h1-2,4,6,19H,3,5,7-14H2. The lowest BCUT2D eigenvalue weighted by Crippen LogP contribution is -2.42. The molecular weight excluding hydrogens is 274 g/mol. The van der Waals surface area contributed by atoms with Crippen LogP contribution in [-0.2, 0) is 11.2 Å². The van der Waals surface area contributed by atoms with Crippen LogP contribution in [0.15, 0.2) is 24.3 Å². The van der Waals surface area contributed by atoms with Gasteiger partial charge in [-0.1, -0.05) is 18.2 Å². The number of amides is 1. The Bertz CT molecular complexity index is 565. The molecule has 1 unspecified atom stereocenters. The Morgan fingerprint density at radius 1 is 1.23 bits per heavy atom. The van der Waals surface area contributed by atoms with Gasteiger partial charge >= 0.3 is 0 Å². The molecule has 3 aliphatic heterocycles. The summed E-state index contributed by atoms with van der Waals surface area (Å²) in [6.07, 6.45) is 4.68. The number of hydrogen-bond acceptors (Lipinski definition) is 3. The zero-order valence-corrected chi connectivity index (χ0v) is 13.2. The maximum atomic E-state index is 12.8. The molecule has 1 amide bonds. The Morgan fingerprint density at radius 2 is 2.14 bits per heavy atom. The Kier molecular flexibility index (Phi) is 3.66. The third-order valence-electron chi connectivity index (χ3n) is 5.62. The van der Waals surface area contributed by atoms with E-state index < -0.39 is 0 Å². The monoisotopic (exact) mass is 299 g/mol. The molecule has 1 atom stereocenters. The Morgan fingerprint density at radius 3 is 3.00 bits per heavy atom. The molecule has 118 valence electrons. The fourth-order valence-corrected chi connectivity index (χ4v) is 4.38. The molecule has 0 aromatic heterocycles. The van der Waals surface area contributed by atoms with Gasteiger partial charge in [-0.15, -0.1) is 0 Å². The van der Waals surface area contributed by atoms with Crippen LogP contribution < -0.4 is 10.2 Å². The molecule has 4 heteroatoms. The third kappa shape index (κ3) is 2.55. The highest BCUT2D eigenvalue weighted by atomic mass is 16.2. The van der Waals surface area contributed by atoms with E-state index in [-0.39, 0.29) is 5.91 Å². The van der Waals surface area contributed by atoms with Gasteiger partial charge in [-0.25, -0.2) is 0 Å². The van der Waals surface area contributed by atoms with Crippen LogP contribution in [0.1, 0.15) is 24.8 Å². The van der Waals surface area contributed by atoms with Gasteiger partial charge in [-0.05, 0) is 55.8 Å². The average Bonchev–Trinajstić information content (AvgIpc) is 3.17. The maximum absolute atomic E-state index is 12.8. The van der Waals surface area contributed by atoms with Crippen LogP contribution in [0.2, 0.25) is 0 Å². The number of nitrogens with one attached hydrogen (secondary N) is 1. The first-order valence-electron chi connectivity index (χ1n) is 8.57. The molecule has 0 bridgehead atoms. The van der Waals surface area contributed by atoms with Gasteiger partial charge in [-0.2, -0.15) is 0 Å². The first-order valence-corrected chi connectivity index (χ1v) is 8.57. The summed E-state index contributed by atoms with van der Waals surface area (Å²) in [7, 11) is 0. The highest BCUT2D eigenvalue weighted by molar-refractivity contribution is 5.96. The maximum Gasteiger partial charge on any atom is 0.241 e. The van der Waals surface area contributed by atoms with Crippen molar-refractivity contribution in [2.75, 3.05) is 44.2 Å². The van der Waals surface area contributed by atoms with Gasteiger partial charge in [0.2, 0.25) is 5.91 Å². The molecule has 1 aromatic carbocycles. The molecule has 0 aliphatic carbocycles. The number of carbonyl (C=O) groups excluding carboxylic acids is 1. The van der Waals surface area contributed by atoms with Crippen molar-refractivity contribution in [1.82, 2.24) is 10.2 Å². The van der Waals surface area contributed by atoms with Crippen molar-refractivity contribution in [2.24, 2.45) is 5.41 Å². The molecule has 3 aliphatic rings. The SMILES string of the molecule is O=C(CN1CCC2(CCNC2)C1)N1CCCc2ccccc21. The number of hydrogen-bond donors (Lipinski definition) is 1. The van der Waals surface area contributed by atoms with Gasteiger partial charge in [0.05, 0.1) is 6.54 Å². The largest absolute Gasteiger partial charge is 0.316 e. The number of para-hydroxylation sites is 1. The second kappa shape index (κ2) is 5.67. The minimum atomic E-state index is 0.273. The van der Waals surface area contributed by atoms with Crippen molar-refractivity contribution in [1.29, 1.82) is 0 Å². The lowest BCUT2D eigenvalue weighted by molar-refractivity contribution is -0.119. The number of rotatable bonds is 2. The number of likely N-dealkylation sites (tertiary alicyclic amines) is 1. The van der Waals surface area contributed by atoms with Crippen LogP contribution in [0.4, 0.5) is 5.69 Å². The second-order valence-electron chi connectivity index (χ2n) is 7.17. The quantitative estimate of drug-likeness (QED) is 0.902. The number of fused-ring (bicyclic) bond motifs is 1. The van der Waals surface area contributed by atoms with Gasteiger partial charge in [0.1, 0.15) is 0 Å². The smallest absolute Gasteiger partial charge is 0.241 e. The van der Waals surface area contributed by atoms with Crippen LogP contribution in [-0.4, -0.2) is 50.1 Å². The first kappa shape index (κ1) is 14.2. The number of benzene rings is 1. The van der Waals surface area contributed by atoms with Crippen molar-refractivity contribution in [2.45, 2.75) is 25.7 Å². The predicted octanol–water partition coefficient (Wildman–Crippen LogP) is 1.65. The van der Waals surface area contributed by atoms with Crippen molar-refractivity contribution < 1.29 is 4.79 Å². The Balaban J connectivity index is 1.43. The zero-order valence-electron chi connectivity index (χ0n) is 13.2. The molecule has 1 aromatic rings. The van der Waals surface area contributed by atoms with Crippen LogP contribution >= 0.6 is 0 Å². The summed E-state index contributed by atoms with van der Waals surface area (Å²) >= 11 is 0. The van der Waals surface area contributed by atoms with Gasteiger partial charge in [-0.3, -0.25) is 9.69 Å². The molecule has 22 heavy (non-hydrogen) atoms. The van der Waals surface area contributed by atoms with Gasteiger partial charge in [0.15, 0.2) is 0 Å². The summed E-state index contributed by atoms with van der Waals surface area (Å²) in [6.45, 7) is 5.88. The van der Waals surface area contributed by atoms with Gasteiger partial charge in [0.25, 0.3) is 0 Å². The van der Waals surface area contributed by atoms with E-state index >= 15 is 0 Å². The minimum absolute atomic E-state index is 0.273. The summed E-state index contributed by atoms with van der Waals surface area (Å²) in [4.78, 5) is 17.2. The van der Waals surface area contributed by atoms with Crippen molar-refractivity contribution in [3.8, 4) is 0 Å². The summed E-state index contributed by atoms with van der Waals surface area (Å²) in [6, 6.07) is 8.37. The highest BCUT2D eigenvalue weighted by Crippen LogP contribution is 2.36. The minimum Gasteiger partial charge on any atom is -0.316 e. The predicted molar refractivity (Wildman–Crippen MR) is 88.1 cm³/mol. The Labute approximate surface area is 132 Å². The van der Waals surface area contributed by atoms with E-state index in [4.69, 9.17) is 0 Å². The molecule has 3 heterocycles.